The molecule has 0 bridgehead atoms. The first kappa shape index (κ1) is 36.0. The van der Waals surface area contributed by atoms with Crippen molar-refractivity contribution >= 4 is 27.5 Å². The van der Waals surface area contributed by atoms with E-state index < -0.39 is 34.1 Å². The minimum absolute atomic E-state index is 0.0244. The van der Waals surface area contributed by atoms with Crippen LogP contribution in [0.4, 0.5) is 5.69 Å². The topological polar surface area (TPSA) is 105 Å². The number of rotatable bonds is 14. The average molecular weight is 672 g/mol. The normalized spacial score (nSPS) is 12.1. The molecule has 0 unspecified atom stereocenters. The van der Waals surface area contributed by atoms with Crippen LogP contribution in [0.1, 0.15) is 44.4 Å². The van der Waals surface area contributed by atoms with Crippen LogP contribution in [-0.2, 0) is 32.6 Å². The highest BCUT2D eigenvalue weighted by molar-refractivity contribution is 7.92. The highest BCUT2D eigenvalue weighted by Crippen LogP contribution is 2.33. The van der Waals surface area contributed by atoms with Gasteiger partial charge in [0.1, 0.15) is 24.1 Å². The molecule has 254 valence electrons. The Kier molecular flexibility index (Phi) is 11.9. The molecule has 0 aromatic heterocycles. The molecule has 0 heterocycles. The second-order valence-corrected chi connectivity index (χ2v) is 14.4. The molecule has 1 atom stereocenters. The van der Waals surface area contributed by atoms with Gasteiger partial charge in [-0.2, -0.15) is 0 Å². The van der Waals surface area contributed by atoms with Gasteiger partial charge in [0, 0.05) is 18.5 Å². The number of benzene rings is 4. The molecular weight excluding hydrogens is 627 g/mol. The Bertz CT molecular complexity index is 1790. The van der Waals surface area contributed by atoms with Gasteiger partial charge in [0.05, 0.1) is 24.3 Å². The van der Waals surface area contributed by atoms with Crippen molar-refractivity contribution in [3.8, 4) is 11.5 Å². The van der Waals surface area contributed by atoms with Gasteiger partial charge in [-0.3, -0.25) is 13.9 Å². The summed E-state index contributed by atoms with van der Waals surface area (Å²) in [6.45, 7) is 9.02. The summed E-state index contributed by atoms with van der Waals surface area (Å²) in [6.07, 6.45) is 0.207. The van der Waals surface area contributed by atoms with Crippen molar-refractivity contribution in [2.45, 2.75) is 64.1 Å². The Morgan fingerprint density at radius 1 is 0.854 bits per heavy atom. The van der Waals surface area contributed by atoms with Crippen LogP contribution in [0.2, 0.25) is 0 Å². The SMILES string of the molecule is CCOc1ccccc1N(CC(=O)N(Cc1cccc(OC)c1)[C@@H](Cc1ccccc1)C(=O)NC(C)(C)C)S(=O)(=O)c1ccc(C)cc1. The molecule has 1 N–H and O–H groups in total. The lowest BCUT2D eigenvalue weighted by molar-refractivity contribution is -0.140. The minimum Gasteiger partial charge on any atom is -0.497 e. The number of ether oxygens (including phenoxy) is 2. The molecule has 0 saturated carbocycles. The average Bonchev–Trinajstić information content (AvgIpc) is 3.05. The molecule has 4 aromatic carbocycles. The van der Waals surface area contributed by atoms with Crippen molar-refractivity contribution in [3.63, 3.8) is 0 Å². The van der Waals surface area contributed by atoms with E-state index in [4.69, 9.17) is 9.47 Å². The van der Waals surface area contributed by atoms with Gasteiger partial charge in [-0.05, 0) is 82.1 Å². The van der Waals surface area contributed by atoms with Gasteiger partial charge < -0.3 is 19.7 Å². The molecule has 0 aliphatic rings. The van der Waals surface area contributed by atoms with Crippen molar-refractivity contribution in [2.24, 2.45) is 0 Å². The van der Waals surface area contributed by atoms with Crippen molar-refractivity contribution in [1.82, 2.24) is 10.2 Å². The molecule has 2 amide bonds. The Morgan fingerprint density at radius 2 is 1.50 bits per heavy atom. The molecule has 4 rings (SSSR count). The number of carbonyl (C=O) groups excluding carboxylic acids is 2. The fourth-order valence-electron chi connectivity index (χ4n) is 5.27. The van der Waals surface area contributed by atoms with Crippen molar-refractivity contribution in [2.75, 3.05) is 24.6 Å². The van der Waals surface area contributed by atoms with Gasteiger partial charge in [0.25, 0.3) is 10.0 Å². The predicted molar refractivity (Wildman–Crippen MR) is 189 cm³/mol. The van der Waals surface area contributed by atoms with Crippen LogP contribution in [-0.4, -0.2) is 57.0 Å². The number of nitrogens with one attached hydrogen (secondary N) is 1. The number of hydrogen-bond donors (Lipinski definition) is 1. The Labute approximate surface area is 284 Å². The van der Waals surface area contributed by atoms with E-state index in [-0.39, 0.29) is 36.1 Å². The monoisotopic (exact) mass is 671 g/mol. The third kappa shape index (κ3) is 9.38. The molecule has 0 radical (unpaired) electrons. The van der Waals surface area contributed by atoms with Crippen LogP contribution in [0, 0.1) is 6.92 Å². The van der Waals surface area contributed by atoms with Crippen molar-refractivity contribution in [1.29, 1.82) is 0 Å². The summed E-state index contributed by atoms with van der Waals surface area (Å²) >= 11 is 0. The van der Waals surface area contributed by atoms with Crippen LogP contribution >= 0.6 is 0 Å². The largest absolute Gasteiger partial charge is 0.497 e. The van der Waals surface area contributed by atoms with E-state index in [1.54, 1.807) is 62.6 Å². The van der Waals surface area contributed by atoms with Gasteiger partial charge >= 0.3 is 0 Å². The molecule has 0 aliphatic heterocycles. The van der Waals surface area contributed by atoms with Crippen LogP contribution < -0.4 is 19.1 Å². The van der Waals surface area contributed by atoms with Gasteiger partial charge in [-0.1, -0.05) is 72.3 Å². The molecule has 0 fully saturated rings. The smallest absolute Gasteiger partial charge is 0.264 e. The zero-order valence-electron chi connectivity index (χ0n) is 28.5. The molecule has 48 heavy (non-hydrogen) atoms. The quantitative estimate of drug-likeness (QED) is 0.172. The molecule has 0 saturated heterocycles. The first-order valence-corrected chi connectivity index (χ1v) is 17.4. The lowest BCUT2D eigenvalue weighted by Gasteiger charge is -2.35. The lowest BCUT2D eigenvalue weighted by Crippen LogP contribution is -2.56. The second-order valence-electron chi connectivity index (χ2n) is 12.5. The van der Waals surface area contributed by atoms with Crippen molar-refractivity contribution < 1.29 is 27.5 Å². The third-order valence-corrected chi connectivity index (χ3v) is 9.35. The number of sulfonamides is 1. The van der Waals surface area contributed by atoms with E-state index >= 15 is 0 Å². The van der Waals surface area contributed by atoms with Crippen LogP contribution in [0.3, 0.4) is 0 Å². The van der Waals surface area contributed by atoms with E-state index in [0.29, 0.717) is 17.1 Å². The molecular formula is C38H45N3O6S. The first-order valence-electron chi connectivity index (χ1n) is 15.9. The number of carbonyl (C=O) groups is 2. The summed E-state index contributed by atoms with van der Waals surface area (Å²) in [6, 6.07) is 28.9. The fourth-order valence-corrected chi connectivity index (χ4v) is 6.69. The molecule has 0 aliphatic carbocycles. The van der Waals surface area contributed by atoms with Crippen molar-refractivity contribution in [3.05, 3.63) is 120 Å². The maximum atomic E-state index is 14.8. The highest BCUT2D eigenvalue weighted by atomic mass is 32.2. The standard InChI is InChI=1S/C38H45N3O6S/c1-7-47-35-19-12-11-18-33(35)41(48(44,45)32-22-20-28(2)21-23-32)27-36(42)40(26-30-16-13-17-31(24-30)46-6)34(37(43)39-38(3,4)5)25-29-14-9-8-10-15-29/h8-24,34H,7,25-27H2,1-6H3,(H,39,43)/t34-/m0/s1. The third-order valence-electron chi connectivity index (χ3n) is 7.58. The van der Waals surface area contributed by atoms with Gasteiger partial charge in [-0.15, -0.1) is 0 Å². The van der Waals surface area contributed by atoms with Gasteiger partial charge in [0.15, 0.2) is 0 Å². The predicted octanol–water partition coefficient (Wildman–Crippen LogP) is 6.15. The van der Waals surface area contributed by atoms with E-state index in [2.05, 4.69) is 5.32 Å². The van der Waals surface area contributed by atoms with E-state index in [0.717, 1.165) is 15.4 Å². The van der Waals surface area contributed by atoms with Gasteiger partial charge in [0.2, 0.25) is 11.8 Å². The maximum absolute atomic E-state index is 14.8. The second kappa shape index (κ2) is 15.8. The number of para-hydroxylation sites is 2. The van der Waals surface area contributed by atoms with Gasteiger partial charge in [-0.25, -0.2) is 8.42 Å². The fraction of sp³-hybridized carbons (Fsp3) is 0.316. The minimum atomic E-state index is -4.27. The van der Waals surface area contributed by atoms with Crippen LogP contribution in [0.5, 0.6) is 11.5 Å². The Balaban J connectivity index is 1.86. The van der Waals surface area contributed by atoms with E-state index in [1.165, 1.54) is 17.0 Å². The number of hydrogen-bond acceptors (Lipinski definition) is 6. The first-order chi connectivity index (χ1) is 22.8. The van der Waals surface area contributed by atoms with E-state index in [1.807, 2.05) is 70.2 Å². The number of aryl methyl sites for hydroxylation is 1. The van der Waals surface area contributed by atoms with E-state index in [9.17, 15) is 18.0 Å². The zero-order chi connectivity index (χ0) is 34.9. The summed E-state index contributed by atoms with van der Waals surface area (Å²) < 4.78 is 41.1. The molecule has 0 spiro atoms. The number of methoxy groups -OCH3 is 1. The molecule has 4 aromatic rings. The molecule has 10 heteroatoms. The zero-order valence-corrected chi connectivity index (χ0v) is 29.3. The highest BCUT2D eigenvalue weighted by Gasteiger charge is 2.36. The summed E-state index contributed by atoms with van der Waals surface area (Å²) in [4.78, 5) is 30.3. The summed E-state index contributed by atoms with van der Waals surface area (Å²) in [7, 11) is -2.72. The Hall–Kier alpha value is -4.83. The van der Waals surface area contributed by atoms with Crippen LogP contribution in [0.15, 0.2) is 108 Å². The summed E-state index contributed by atoms with van der Waals surface area (Å²) in [5, 5.41) is 3.05. The maximum Gasteiger partial charge on any atom is 0.264 e. The lowest BCUT2D eigenvalue weighted by atomic mass is 10.0. The number of nitrogens with zero attached hydrogens (tertiary/aromatic N) is 2. The van der Waals surface area contributed by atoms with Crippen LogP contribution in [0.25, 0.3) is 0 Å². The summed E-state index contributed by atoms with van der Waals surface area (Å²) in [5.41, 5.74) is 2.08. The molecule has 9 nitrogen and oxygen atoms in total. The Morgan fingerprint density at radius 3 is 2.15 bits per heavy atom. The number of amides is 2. The summed E-state index contributed by atoms with van der Waals surface area (Å²) in [5.74, 6) is -0.0166. The number of anilines is 1.